The van der Waals surface area contributed by atoms with Crippen LogP contribution in [0.15, 0.2) is 0 Å². The van der Waals surface area contributed by atoms with Crippen LogP contribution >= 0.6 is 0 Å². The molecule has 0 aliphatic rings. The van der Waals surface area contributed by atoms with Crippen molar-refractivity contribution >= 4 is 53.4 Å². The SMILES string of the molecule is NC(=O)C[C@H](NC(=O)CNC(=O)[C@@H](N)CC(=O)O)C(=O)N[C@@H](CCC(=O)O)C(=O)N[C@@H](CCC(=O)O)C(=O)O. The van der Waals surface area contributed by atoms with Gasteiger partial charge >= 0.3 is 23.9 Å². The van der Waals surface area contributed by atoms with Crippen LogP contribution in [-0.2, 0) is 43.2 Å². The molecule has 0 aromatic rings. The molecule has 0 heterocycles. The second-order valence-corrected chi connectivity index (χ2v) is 8.04. The van der Waals surface area contributed by atoms with Crippen molar-refractivity contribution in [2.75, 3.05) is 6.54 Å². The number of rotatable bonds is 19. The van der Waals surface area contributed by atoms with Gasteiger partial charge in [0.2, 0.25) is 29.5 Å². The highest BCUT2D eigenvalue weighted by Gasteiger charge is 2.31. The molecule has 0 saturated heterocycles. The molecule has 12 N–H and O–H groups in total. The van der Waals surface area contributed by atoms with Crippen molar-refractivity contribution in [3.05, 3.63) is 0 Å². The fourth-order valence-electron chi connectivity index (χ4n) is 2.84. The summed E-state index contributed by atoms with van der Waals surface area (Å²) in [5, 5.41) is 43.7. The largest absolute Gasteiger partial charge is 0.481 e. The van der Waals surface area contributed by atoms with E-state index >= 15 is 0 Å². The normalized spacial score (nSPS) is 13.5. The Morgan fingerprint density at radius 1 is 0.615 bits per heavy atom. The van der Waals surface area contributed by atoms with Crippen molar-refractivity contribution in [1.29, 1.82) is 0 Å². The zero-order chi connectivity index (χ0) is 30.3. The molecule has 0 spiro atoms. The summed E-state index contributed by atoms with van der Waals surface area (Å²) in [5.74, 6) is -11.3. The van der Waals surface area contributed by atoms with E-state index in [-0.39, 0.29) is 0 Å². The second-order valence-electron chi connectivity index (χ2n) is 8.04. The molecular weight excluding hydrogens is 532 g/mol. The lowest BCUT2D eigenvalue weighted by Crippen LogP contribution is -2.57. The summed E-state index contributed by atoms with van der Waals surface area (Å²) in [4.78, 5) is 104. The minimum absolute atomic E-state index is 0.530. The van der Waals surface area contributed by atoms with Gasteiger partial charge < -0.3 is 53.2 Å². The van der Waals surface area contributed by atoms with Crippen molar-refractivity contribution in [3.8, 4) is 0 Å². The van der Waals surface area contributed by atoms with Crippen molar-refractivity contribution in [3.63, 3.8) is 0 Å². The van der Waals surface area contributed by atoms with E-state index in [1.165, 1.54) is 0 Å². The summed E-state index contributed by atoms with van der Waals surface area (Å²) in [6.07, 6.45) is -3.95. The van der Waals surface area contributed by atoms with E-state index in [0.717, 1.165) is 0 Å². The lowest BCUT2D eigenvalue weighted by Gasteiger charge is -2.24. The van der Waals surface area contributed by atoms with Crippen LogP contribution in [0.5, 0.6) is 0 Å². The third kappa shape index (κ3) is 15.1. The highest BCUT2D eigenvalue weighted by atomic mass is 16.4. The summed E-state index contributed by atoms with van der Waals surface area (Å²) in [6.45, 7) is -0.804. The highest BCUT2D eigenvalue weighted by molar-refractivity contribution is 5.96. The maximum absolute atomic E-state index is 12.7. The molecule has 218 valence electrons. The molecule has 0 bridgehead atoms. The number of aliphatic carboxylic acids is 4. The molecule has 0 unspecified atom stereocenters. The number of nitrogens with one attached hydrogen (secondary N) is 4. The van der Waals surface area contributed by atoms with Gasteiger partial charge in [-0.2, -0.15) is 0 Å². The van der Waals surface area contributed by atoms with Crippen LogP contribution in [0.4, 0.5) is 0 Å². The molecule has 0 rings (SSSR count). The van der Waals surface area contributed by atoms with Crippen molar-refractivity contribution in [2.24, 2.45) is 11.5 Å². The van der Waals surface area contributed by atoms with Gasteiger partial charge in [0.1, 0.15) is 18.1 Å². The van der Waals surface area contributed by atoms with E-state index in [1.54, 1.807) is 0 Å². The van der Waals surface area contributed by atoms with Crippen molar-refractivity contribution in [1.82, 2.24) is 21.3 Å². The van der Waals surface area contributed by atoms with Gasteiger partial charge in [0, 0.05) is 12.8 Å². The quantitative estimate of drug-likeness (QED) is 0.0705. The molecule has 0 aliphatic heterocycles. The van der Waals surface area contributed by atoms with Crippen LogP contribution in [0.3, 0.4) is 0 Å². The van der Waals surface area contributed by atoms with Gasteiger partial charge in [-0.05, 0) is 12.8 Å². The molecule has 5 amide bonds. The summed E-state index contributed by atoms with van der Waals surface area (Å²) >= 11 is 0. The van der Waals surface area contributed by atoms with Gasteiger partial charge in [-0.3, -0.25) is 38.4 Å². The number of carbonyl (C=O) groups excluding carboxylic acids is 5. The van der Waals surface area contributed by atoms with Gasteiger partial charge in [-0.25, -0.2) is 4.79 Å². The number of amides is 5. The average Bonchev–Trinajstić information content (AvgIpc) is 2.80. The van der Waals surface area contributed by atoms with E-state index < -0.39 is 123 Å². The van der Waals surface area contributed by atoms with Crippen molar-refractivity contribution in [2.45, 2.75) is 62.7 Å². The Bertz CT molecular complexity index is 985. The molecular formula is C20H30N6O13. The third-order valence-electron chi connectivity index (χ3n) is 4.75. The van der Waals surface area contributed by atoms with E-state index in [2.05, 4.69) is 10.6 Å². The Balaban J connectivity index is 5.50. The maximum atomic E-state index is 12.7. The minimum atomic E-state index is -1.73. The number of nitrogens with two attached hydrogens (primary N) is 2. The second kappa shape index (κ2) is 16.8. The van der Waals surface area contributed by atoms with Gasteiger partial charge in [0.05, 0.1) is 25.4 Å². The number of hydrogen-bond donors (Lipinski definition) is 10. The Morgan fingerprint density at radius 2 is 1.10 bits per heavy atom. The first-order valence-corrected chi connectivity index (χ1v) is 11.1. The van der Waals surface area contributed by atoms with Crippen LogP contribution in [0.25, 0.3) is 0 Å². The van der Waals surface area contributed by atoms with Crippen LogP contribution in [0.2, 0.25) is 0 Å². The van der Waals surface area contributed by atoms with E-state index in [1.807, 2.05) is 10.6 Å². The first kappa shape index (κ1) is 34.2. The smallest absolute Gasteiger partial charge is 0.326 e. The number of hydrogen-bond acceptors (Lipinski definition) is 10. The predicted molar refractivity (Wildman–Crippen MR) is 124 cm³/mol. The molecule has 0 aromatic carbocycles. The average molecular weight is 562 g/mol. The maximum Gasteiger partial charge on any atom is 0.326 e. The van der Waals surface area contributed by atoms with Gasteiger partial charge in [-0.1, -0.05) is 0 Å². The molecule has 19 heteroatoms. The third-order valence-corrected chi connectivity index (χ3v) is 4.75. The van der Waals surface area contributed by atoms with E-state index in [9.17, 15) is 48.3 Å². The molecule has 39 heavy (non-hydrogen) atoms. The van der Waals surface area contributed by atoms with Crippen LogP contribution < -0.4 is 32.7 Å². The molecule has 0 aromatic heterocycles. The van der Waals surface area contributed by atoms with E-state index in [0.29, 0.717) is 0 Å². The molecule has 0 aliphatic carbocycles. The van der Waals surface area contributed by atoms with Crippen LogP contribution in [0.1, 0.15) is 38.5 Å². The van der Waals surface area contributed by atoms with Crippen LogP contribution in [-0.4, -0.2) is 105 Å². The molecule has 0 radical (unpaired) electrons. The number of carboxylic acid groups (broad SMARTS) is 4. The standard InChI is InChI=1S/C20H30N6O13/c21-8(5-16(33)34)17(35)23-7-13(28)24-11(6-12(22)27)19(37)25-9(1-3-14(29)30)18(36)26-10(20(38)39)2-4-15(31)32/h8-11H,1-7,21H2,(H2,22,27)(H,23,35)(H,24,28)(H,25,37)(H,26,36)(H,29,30)(H,31,32)(H,33,34)(H,38,39)/t8-,9-,10-,11-/m0/s1. The Morgan fingerprint density at radius 3 is 1.56 bits per heavy atom. The first-order valence-electron chi connectivity index (χ1n) is 11.1. The summed E-state index contributed by atoms with van der Waals surface area (Å²) in [7, 11) is 0. The first-order chi connectivity index (χ1) is 18.0. The van der Waals surface area contributed by atoms with Gasteiger partial charge in [0.15, 0.2) is 0 Å². The lowest BCUT2D eigenvalue weighted by atomic mass is 10.1. The lowest BCUT2D eigenvalue weighted by molar-refractivity contribution is -0.144. The summed E-state index contributed by atoms with van der Waals surface area (Å²) in [5.41, 5.74) is 10.4. The van der Waals surface area contributed by atoms with Crippen LogP contribution in [0, 0.1) is 0 Å². The summed E-state index contributed by atoms with van der Waals surface area (Å²) in [6, 6.07) is -6.61. The van der Waals surface area contributed by atoms with Crippen molar-refractivity contribution < 1.29 is 63.6 Å². The zero-order valence-electron chi connectivity index (χ0n) is 20.4. The monoisotopic (exact) mass is 562 g/mol. The minimum Gasteiger partial charge on any atom is -0.481 e. The topological polar surface area (TPSA) is 335 Å². The molecule has 19 nitrogen and oxygen atoms in total. The van der Waals surface area contributed by atoms with Gasteiger partial charge in [0.25, 0.3) is 0 Å². The molecule has 4 atom stereocenters. The number of carboxylic acids is 4. The fraction of sp³-hybridized carbons (Fsp3) is 0.550. The fourth-order valence-corrected chi connectivity index (χ4v) is 2.84. The molecule has 0 fully saturated rings. The summed E-state index contributed by atoms with van der Waals surface area (Å²) < 4.78 is 0. The number of carbonyl (C=O) groups is 9. The number of primary amides is 1. The zero-order valence-corrected chi connectivity index (χ0v) is 20.4. The van der Waals surface area contributed by atoms with E-state index in [4.69, 9.17) is 26.8 Å². The Hall–Kier alpha value is -4.81. The van der Waals surface area contributed by atoms with Gasteiger partial charge in [-0.15, -0.1) is 0 Å². The molecule has 0 saturated carbocycles. The highest BCUT2D eigenvalue weighted by Crippen LogP contribution is 2.04. The predicted octanol–water partition coefficient (Wildman–Crippen LogP) is -4.95. The Kier molecular flexibility index (Phi) is 14.8. The Labute approximate surface area is 219 Å².